The van der Waals surface area contributed by atoms with Gasteiger partial charge in [-0.2, -0.15) is 0 Å². The molecule has 1 aliphatic heterocycles. The number of hydrogen-bond donors (Lipinski definition) is 1. The van der Waals surface area contributed by atoms with Gasteiger partial charge in [0.2, 0.25) is 11.8 Å². The van der Waals surface area contributed by atoms with Crippen molar-refractivity contribution in [3.63, 3.8) is 0 Å². The predicted molar refractivity (Wildman–Crippen MR) is 132 cm³/mol. The number of nitrogens with zero attached hydrogens (tertiary/aromatic N) is 4. The van der Waals surface area contributed by atoms with Crippen molar-refractivity contribution in [2.45, 2.75) is 32.9 Å². The van der Waals surface area contributed by atoms with Crippen LogP contribution in [0.2, 0.25) is 0 Å². The fourth-order valence-corrected chi connectivity index (χ4v) is 4.42. The fourth-order valence-electron chi connectivity index (χ4n) is 4.42. The number of aromatic nitrogens is 2. The molecule has 0 saturated carbocycles. The largest absolute Gasteiger partial charge is 0.466 e. The van der Waals surface area contributed by atoms with E-state index in [2.05, 4.69) is 20.4 Å². The zero-order valence-corrected chi connectivity index (χ0v) is 20.5. The number of benzene rings is 2. The molecule has 0 fully saturated rings. The van der Waals surface area contributed by atoms with Crippen LogP contribution >= 0.6 is 0 Å². The molecule has 0 aliphatic carbocycles. The summed E-state index contributed by atoms with van der Waals surface area (Å²) in [6.45, 7) is 4.71. The van der Waals surface area contributed by atoms with Gasteiger partial charge >= 0.3 is 5.97 Å². The van der Waals surface area contributed by atoms with Crippen molar-refractivity contribution in [3.05, 3.63) is 105 Å². The van der Waals surface area contributed by atoms with Gasteiger partial charge in [-0.05, 0) is 32.0 Å². The van der Waals surface area contributed by atoms with Gasteiger partial charge in [0.1, 0.15) is 0 Å². The van der Waals surface area contributed by atoms with Crippen molar-refractivity contribution in [2.75, 3.05) is 14.2 Å². The molecule has 4 rings (SSSR count). The van der Waals surface area contributed by atoms with Gasteiger partial charge in [0.15, 0.2) is 0 Å². The molecule has 1 aromatic heterocycles. The molecule has 1 unspecified atom stereocenters. The molecule has 3 aromatic rings. The summed E-state index contributed by atoms with van der Waals surface area (Å²) >= 11 is 0. The minimum atomic E-state index is -0.700. The summed E-state index contributed by atoms with van der Waals surface area (Å²) in [5.74, 6) is -0.612. The summed E-state index contributed by atoms with van der Waals surface area (Å²) in [4.78, 5) is 25.9. The summed E-state index contributed by atoms with van der Waals surface area (Å²) in [6.07, 6.45) is 0. The molecule has 2 aromatic carbocycles. The van der Waals surface area contributed by atoms with E-state index in [4.69, 9.17) is 9.15 Å². The summed E-state index contributed by atoms with van der Waals surface area (Å²) in [5, 5.41) is 23.2. The summed E-state index contributed by atoms with van der Waals surface area (Å²) in [6, 6.07) is 16.2. The smallest absolute Gasteiger partial charge is 0.336 e. The van der Waals surface area contributed by atoms with E-state index in [1.165, 1.54) is 19.2 Å². The van der Waals surface area contributed by atoms with E-state index < -0.39 is 16.8 Å². The Balaban J connectivity index is 1.70. The van der Waals surface area contributed by atoms with Gasteiger partial charge in [-0.25, -0.2) is 4.79 Å². The van der Waals surface area contributed by atoms with Gasteiger partial charge in [-0.1, -0.05) is 42.5 Å². The van der Waals surface area contributed by atoms with Crippen LogP contribution in [-0.2, 0) is 22.6 Å². The van der Waals surface area contributed by atoms with Crippen LogP contribution in [0.3, 0.4) is 0 Å². The molecule has 2 heterocycles. The van der Waals surface area contributed by atoms with E-state index in [1.807, 2.05) is 44.3 Å². The Morgan fingerprint density at radius 2 is 1.86 bits per heavy atom. The number of carbonyl (C=O) groups excluding carboxylic acids is 1. The third-order valence-electron chi connectivity index (χ3n) is 5.98. The molecule has 1 N–H and O–H groups in total. The minimum Gasteiger partial charge on any atom is -0.466 e. The predicted octanol–water partition coefficient (Wildman–Crippen LogP) is 4.17. The van der Waals surface area contributed by atoms with Crippen LogP contribution in [0.15, 0.2) is 76.0 Å². The topological polar surface area (TPSA) is 124 Å². The Bertz CT molecular complexity index is 1350. The van der Waals surface area contributed by atoms with Crippen LogP contribution < -0.4 is 5.32 Å². The summed E-state index contributed by atoms with van der Waals surface area (Å²) < 4.78 is 11.1. The average Bonchev–Trinajstić information content (AvgIpc) is 3.31. The second-order valence-corrected chi connectivity index (χ2v) is 8.64. The Morgan fingerprint density at radius 1 is 1.11 bits per heavy atom. The number of esters is 1. The van der Waals surface area contributed by atoms with E-state index in [0.29, 0.717) is 47.1 Å². The van der Waals surface area contributed by atoms with Gasteiger partial charge in [0, 0.05) is 35.6 Å². The van der Waals surface area contributed by atoms with Crippen LogP contribution in [0.4, 0.5) is 5.69 Å². The van der Waals surface area contributed by atoms with E-state index in [1.54, 1.807) is 19.1 Å². The molecule has 186 valence electrons. The lowest BCUT2D eigenvalue weighted by atomic mass is 9.80. The van der Waals surface area contributed by atoms with Gasteiger partial charge < -0.3 is 14.5 Å². The highest BCUT2D eigenvalue weighted by Crippen LogP contribution is 2.43. The number of rotatable bonds is 8. The number of ether oxygens (including phenoxy) is 1. The van der Waals surface area contributed by atoms with Gasteiger partial charge in [0.05, 0.1) is 30.1 Å². The first-order valence-electron chi connectivity index (χ1n) is 11.3. The zero-order valence-electron chi connectivity index (χ0n) is 20.5. The third-order valence-corrected chi connectivity index (χ3v) is 5.98. The highest BCUT2D eigenvalue weighted by atomic mass is 16.6. The molecular weight excluding hydrogens is 462 g/mol. The number of nitro groups is 1. The van der Waals surface area contributed by atoms with Crippen molar-refractivity contribution < 1.29 is 18.9 Å². The number of allylic oxidation sites excluding steroid dienone is 3. The first-order valence-corrected chi connectivity index (χ1v) is 11.3. The lowest BCUT2D eigenvalue weighted by molar-refractivity contribution is -0.384. The SMILES string of the molecule is COC(=O)C1=C(C)NC(C)=C(c2nnc(CN(C)Cc3ccccc3)o2)C1c1cccc([N+](=O)[O-])c1. The summed E-state index contributed by atoms with van der Waals surface area (Å²) in [5.41, 5.74) is 3.78. The zero-order chi connectivity index (χ0) is 25.8. The maximum Gasteiger partial charge on any atom is 0.336 e. The molecule has 36 heavy (non-hydrogen) atoms. The standard InChI is InChI=1S/C26H27N5O5/c1-16-22(25-29-28-21(36-25)15-30(3)14-18-9-6-5-7-10-18)24(23(17(2)27-16)26(32)35-4)19-11-8-12-20(13-19)31(33)34/h5-13,24,27H,14-15H2,1-4H3. The van der Waals surface area contributed by atoms with Crippen LogP contribution in [0.25, 0.3) is 5.57 Å². The van der Waals surface area contributed by atoms with E-state index >= 15 is 0 Å². The molecule has 0 saturated heterocycles. The third kappa shape index (κ3) is 5.18. The van der Waals surface area contributed by atoms with Crippen molar-refractivity contribution in [1.82, 2.24) is 20.4 Å². The first kappa shape index (κ1) is 24.8. The van der Waals surface area contributed by atoms with Crippen molar-refractivity contribution >= 4 is 17.2 Å². The highest BCUT2D eigenvalue weighted by molar-refractivity contribution is 5.96. The first-order chi connectivity index (χ1) is 17.3. The number of nitrogens with one attached hydrogen (secondary N) is 1. The van der Waals surface area contributed by atoms with Gasteiger partial charge in [0.25, 0.3) is 5.69 Å². The Hall–Kier alpha value is -4.31. The molecule has 0 bridgehead atoms. The molecule has 1 atom stereocenters. The molecule has 0 spiro atoms. The van der Waals surface area contributed by atoms with Crippen molar-refractivity contribution in [3.8, 4) is 0 Å². The number of methoxy groups -OCH3 is 1. The van der Waals surface area contributed by atoms with Crippen LogP contribution in [0, 0.1) is 10.1 Å². The molecule has 0 radical (unpaired) electrons. The van der Waals surface area contributed by atoms with Crippen molar-refractivity contribution in [2.24, 2.45) is 0 Å². The Labute approximate surface area is 208 Å². The highest BCUT2D eigenvalue weighted by Gasteiger charge is 2.37. The van der Waals surface area contributed by atoms with E-state index in [9.17, 15) is 14.9 Å². The van der Waals surface area contributed by atoms with E-state index in [-0.39, 0.29) is 11.6 Å². The van der Waals surface area contributed by atoms with Gasteiger partial charge in [-0.3, -0.25) is 15.0 Å². The monoisotopic (exact) mass is 489 g/mol. The number of hydrogen-bond acceptors (Lipinski definition) is 9. The number of non-ortho nitro benzene ring substituents is 1. The average molecular weight is 490 g/mol. The van der Waals surface area contributed by atoms with Gasteiger partial charge in [-0.15, -0.1) is 10.2 Å². The number of nitro benzene ring substituents is 1. The number of carbonyl (C=O) groups is 1. The lowest BCUT2D eigenvalue weighted by Gasteiger charge is -2.29. The molecule has 1 aliphatic rings. The molecule has 0 amide bonds. The van der Waals surface area contributed by atoms with Crippen LogP contribution in [0.5, 0.6) is 0 Å². The van der Waals surface area contributed by atoms with Crippen molar-refractivity contribution in [1.29, 1.82) is 0 Å². The second kappa shape index (κ2) is 10.5. The normalized spacial score (nSPS) is 15.8. The molecule has 10 nitrogen and oxygen atoms in total. The maximum atomic E-state index is 12.8. The summed E-state index contributed by atoms with van der Waals surface area (Å²) in [7, 11) is 3.25. The second-order valence-electron chi connectivity index (χ2n) is 8.64. The number of dihydropyridines is 1. The maximum absolute atomic E-state index is 12.8. The Kier molecular flexibility index (Phi) is 7.25. The van der Waals surface area contributed by atoms with Crippen LogP contribution in [-0.4, -0.2) is 40.1 Å². The molecular formula is C26H27N5O5. The van der Waals surface area contributed by atoms with E-state index in [0.717, 1.165) is 5.56 Å². The molecule has 10 heteroatoms. The minimum absolute atomic E-state index is 0.0846. The fraction of sp³-hybridized carbons (Fsp3) is 0.269. The lowest BCUT2D eigenvalue weighted by Crippen LogP contribution is -2.28. The van der Waals surface area contributed by atoms with Crippen LogP contribution in [0.1, 0.15) is 42.7 Å². The quantitative estimate of drug-likeness (QED) is 0.282. The Morgan fingerprint density at radius 3 is 2.56 bits per heavy atom.